The quantitative estimate of drug-likeness (QED) is 0.811. The van der Waals surface area contributed by atoms with Crippen LogP contribution in [0.1, 0.15) is 16.8 Å². The highest BCUT2D eigenvalue weighted by Gasteiger charge is 2.20. The molecule has 17 heavy (non-hydrogen) atoms. The summed E-state index contributed by atoms with van der Waals surface area (Å²) in [6, 6.07) is 8.16. The van der Waals surface area contributed by atoms with Gasteiger partial charge in [0.05, 0.1) is 24.6 Å². The van der Waals surface area contributed by atoms with Crippen LogP contribution < -0.4 is 5.73 Å². The Labute approximate surface area is 100 Å². The molecule has 1 aromatic carbocycles. The average molecular weight is 229 g/mol. The van der Waals surface area contributed by atoms with Crippen LogP contribution in [0.3, 0.4) is 0 Å². The Kier molecular flexibility index (Phi) is 2.37. The number of hydrogen-bond donors (Lipinski definition) is 1. The number of nitrogens with zero attached hydrogens (tertiary/aromatic N) is 2. The first-order chi connectivity index (χ1) is 8.27. The molecule has 0 atom stereocenters. The van der Waals surface area contributed by atoms with Gasteiger partial charge in [-0.3, -0.25) is 0 Å². The van der Waals surface area contributed by atoms with Gasteiger partial charge in [-0.2, -0.15) is 5.10 Å². The molecule has 0 saturated carbocycles. The first-order valence-electron chi connectivity index (χ1n) is 5.77. The maximum atomic E-state index is 5.96. The van der Waals surface area contributed by atoms with Crippen molar-refractivity contribution in [3.8, 4) is 5.69 Å². The molecule has 1 aromatic heterocycles. The highest BCUT2D eigenvalue weighted by molar-refractivity contribution is 5.49. The van der Waals surface area contributed by atoms with Gasteiger partial charge in [0, 0.05) is 12.0 Å². The molecular formula is C13H15N3O. The fourth-order valence-corrected chi connectivity index (χ4v) is 2.27. The van der Waals surface area contributed by atoms with Crippen molar-refractivity contribution in [2.45, 2.75) is 20.0 Å². The molecule has 1 aliphatic rings. The van der Waals surface area contributed by atoms with Crippen LogP contribution in [0.15, 0.2) is 24.3 Å². The van der Waals surface area contributed by atoms with Gasteiger partial charge in [0.2, 0.25) is 0 Å². The minimum atomic E-state index is 0.591. The molecule has 88 valence electrons. The topological polar surface area (TPSA) is 53.1 Å². The third-order valence-electron chi connectivity index (χ3n) is 3.20. The minimum absolute atomic E-state index is 0.591. The second kappa shape index (κ2) is 3.89. The van der Waals surface area contributed by atoms with Crippen LogP contribution in [-0.2, 0) is 17.8 Å². The van der Waals surface area contributed by atoms with Crippen molar-refractivity contribution in [2.75, 3.05) is 12.3 Å². The van der Waals surface area contributed by atoms with Crippen molar-refractivity contribution in [1.82, 2.24) is 9.78 Å². The molecule has 0 saturated heterocycles. The molecule has 2 heterocycles. The molecule has 1 aliphatic heterocycles. The zero-order valence-corrected chi connectivity index (χ0v) is 9.81. The van der Waals surface area contributed by atoms with Crippen molar-refractivity contribution in [3.05, 3.63) is 41.1 Å². The highest BCUT2D eigenvalue weighted by Crippen LogP contribution is 2.26. The van der Waals surface area contributed by atoms with E-state index >= 15 is 0 Å². The lowest BCUT2D eigenvalue weighted by molar-refractivity contribution is 0.106. The molecule has 0 unspecified atom stereocenters. The summed E-state index contributed by atoms with van der Waals surface area (Å²) in [4.78, 5) is 0. The normalized spacial score (nSPS) is 14.6. The number of aryl methyl sites for hydroxylation is 1. The Morgan fingerprint density at radius 2 is 2.18 bits per heavy atom. The van der Waals surface area contributed by atoms with E-state index in [0.29, 0.717) is 12.4 Å². The molecule has 0 spiro atoms. The molecule has 0 bridgehead atoms. The van der Waals surface area contributed by atoms with Crippen LogP contribution >= 0.6 is 0 Å². The largest absolute Gasteiger partial charge is 0.382 e. The molecule has 0 fully saturated rings. The van der Waals surface area contributed by atoms with Crippen molar-refractivity contribution in [2.24, 2.45) is 0 Å². The summed E-state index contributed by atoms with van der Waals surface area (Å²) < 4.78 is 7.41. The van der Waals surface area contributed by atoms with Gasteiger partial charge in [0.1, 0.15) is 5.82 Å². The fourth-order valence-electron chi connectivity index (χ4n) is 2.27. The first-order valence-corrected chi connectivity index (χ1v) is 5.77. The molecular weight excluding hydrogens is 214 g/mol. The number of benzene rings is 1. The average Bonchev–Trinajstić information content (AvgIpc) is 2.68. The van der Waals surface area contributed by atoms with Crippen LogP contribution in [-0.4, -0.2) is 16.4 Å². The third-order valence-corrected chi connectivity index (χ3v) is 3.20. The summed E-state index contributed by atoms with van der Waals surface area (Å²) in [7, 11) is 0. The van der Waals surface area contributed by atoms with Crippen molar-refractivity contribution in [3.63, 3.8) is 0 Å². The van der Waals surface area contributed by atoms with E-state index in [0.717, 1.165) is 30.0 Å². The SMILES string of the molecule is Cc1ccccc1-n1nc(N)c2c1COCC2. The number of hydrogen-bond acceptors (Lipinski definition) is 3. The van der Waals surface area contributed by atoms with Crippen LogP contribution in [0.2, 0.25) is 0 Å². The van der Waals surface area contributed by atoms with Gasteiger partial charge in [-0.15, -0.1) is 0 Å². The fraction of sp³-hybridized carbons (Fsp3) is 0.308. The standard InChI is InChI=1S/C13H15N3O/c1-9-4-2-3-5-11(9)16-12-8-17-7-6-10(12)13(14)15-16/h2-5H,6-8H2,1H3,(H2,14,15). The Morgan fingerprint density at radius 1 is 1.35 bits per heavy atom. The van der Waals surface area contributed by atoms with Gasteiger partial charge in [-0.1, -0.05) is 18.2 Å². The number of ether oxygens (including phenoxy) is 1. The van der Waals surface area contributed by atoms with E-state index in [1.807, 2.05) is 16.8 Å². The Balaban J connectivity index is 2.19. The first kappa shape index (κ1) is 10.4. The van der Waals surface area contributed by atoms with E-state index in [2.05, 4.69) is 24.2 Å². The van der Waals surface area contributed by atoms with Gasteiger partial charge < -0.3 is 10.5 Å². The maximum absolute atomic E-state index is 5.96. The summed E-state index contributed by atoms with van der Waals surface area (Å²) in [5.41, 5.74) is 10.4. The van der Waals surface area contributed by atoms with Crippen LogP contribution in [0.5, 0.6) is 0 Å². The van der Waals surface area contributed by atoms with Gasteiger partial charge in [-0.05, 0) is 18.6 Å². The van der Waals surface area contributed by atoms with Gasteiger partial charge in [0.25, 0.3) is 0 Å². The number of anilines is 1. The van der Waals surface area contributed by atoms with Crippen LogP contribution in [0.25, 0.3) is 5.69 Å². The molecule has 0 radical (unpaired) electrons. The summed E-state index contributed by atoms with van der Waals surface area (Å²) in [5.74, 6) is 0.631. The lowest BCUT2D eigenvalue weighted by Crippen LogP contribution is -2.13. The number of fused-ring (bicyclic) bond motifs is 1. The predicted molar refractivity (Wildman–Crippen MR) is 66.1 cm³/mol. The van der Waals surface area contributed by atoms with E-state index in [1.54, 1.807) is 0 Å². The van der Waals surface area contributed by atoms with E-state index in [-0.39, 0.29) is 0 Å². The molecule has 3 rings (SSSR count). The molecule has 4 nitrogen and oxygen atoms in total. The number of nitrogen functional groups attached to an aromatic ring is 1. The molecule has 2 aromatic rings. The zero-order valence-electron chi connectivity index (χ0n) is 9.81. The lowest BCUT2D eigenvalue weighted by atomic mass is 10.1. The number of rotatable bonds is 1. The van der Waals surface area contributed by atoms with Crippen molar-refractivity contribution >= 4 is 5.82 Å². The van der Waals surface area contributed by atoms with E-state index in [4.69, 9.17) is 10.5 Å². The Bertz CT molecular complexity index is 560. The smallest absolute Gasteiger partial charge is 0.149 e. The van der Waals surface area contributed by atoms with E-state index in [1.165, 1.54) is 5.56 Å². The number of nitrogens with two attached hydrogens (primary N) is 1. The van der Waals surface area contributed by atoms with Gasteiger partial charge >= 0.3 is 0 Å². The summed E-state index contributed by atoms with van der Waals surface area (Å²) >= 11 is 0. The monoisotopic (exact) mass is 229 g/mol. The van der Waals surface area contributed by atoms with Crippen molar-refractivity contribution in [1.29, 1.82) is 0 Å². The summed E-state index contributed by atoms with van der Waals surface area (Å²) in [6.45, 7) is 3.40. The number of aromatic nitrogens is 2. The lowest BCUT2D eigenvalue weighted by Gasteiger charge is -2.15. The van der Waals surface area contributed by atoms with Crippen LogP contribution in [0, 0.1) is 6.92 Å². The Morgan fingerprint density at radius 3 is 3.00 bits per heavy atom. The molecule has 0 amide bonds. The molecule has 2 N–H and O–H groups in total. The number of para-hydroxylation sites is 1. The summed E-state index contributed by atoms with van der Waals surface area (Å²) in [6.07, 6.45) is 0.854. The molecule has 4 heteroatoms. The second-order valence-electron chi connectivity index (χ2n) is 4.31. The predicted octanol–water partition coefficient (Wildman–Crippen LogP) is 1.84. The third kappa shape index (κ3) is 1.61. The highest BCUT2D eigenvalue weighted by atomic mass is 16.5. The second-order valence-corrected chi connectivity index (χ2v) is 4.31. The van der Waals surface area contributed by atoms with Gasteiger partial charge in [-0.25, -0.2) is 4.68 Å². The van der Waals surface area contributed by atoms with E-state index < -0.39 is 0 Å². The Hall–Kier alpha value is -1.81. The maximum Gasteiger partial charge on any atom is 0.149 e. The zero-order chi connectivity index (χ0) is 11.8. The minimum Gasteiger partial charge on any atom is -0.382 e. The van der Waals surface area contributed by atoms with E-state index in [9.17, 15) is 0 Å². The van der Waals surface area contributed by atoms with Crippen LogP contribution in [0.4, 0.5) is 5.82 Å². The summed E-state index contributed by atoms with van der Waals surface area (Å²) in [5, 5.41) is 4.44. The van der Waals surface area contributed by atoms with Gasteiger partial charge in [0.15, 0.2) is 0 Å². The molecule has 0 aliphatic carbocycles. The van der Waals surface area contributed by atoms with Crippen molar-refractivity contribution < 1.29 is 4.74 Å².